The Balaban J connectivity index is 2.41. The van der Waals surface area contributed by atoms with Crippen LogP contribution in [0, 0.1) is 0 Å². The molecule has 1 aliphatic rings. The molecule has 1 aromatic heterocycles. The minimum Gasteiger partial charge on any atom is -0.370 e. The Kier molecular flexibility index (Phi) is 4.01. The summed E-state index contributed by atoms with van der Waals surface area (Å²) in [6.45, 7) is 14.8. The standard InChI is InChI=1S/C20H31NSi/c1-14(2)22(15(3)4,16(5)6)21-19-12-8-7-10-17(19)18-11-9-13-20(18)21/h7-8,10,12,14-16H,9,11,13H2,1-6H3. The van der Waals surface area contributed by atoms with Gasteiger partial charge < -0.3 is 4.23 Å². The molecule has 0 saturated carbocycles. The Morgan fingerprint density at radius 1 is 0.864 bits per heavy atom. The highest BCUT2D eigenvalue weighted by Crippen LogP contribution is 2.47. The van der Waals surface area contributed by atoms with E-state index in [9.17, 15) is 0 Å². The van der Waals surface area contributed by atoms with Gasteiger partial charge >= 0.3 is 0 Å². The maximum absolute atomic E-state index is 2.91. The number of nitrogens with zero attached hydrogens (tertiary/aromatic N) is 1. The Bertz CT molecular complexity index is 657. The fraction of sp³-hybridized carbons (Fsp3) is 0.600. The van der Waals surface area contributed by atoms with Gasteiger partial charge in [-0.15, -0.1) is 0 Å². The zero-order valence-corrected chi connectivity index (χ0v) is 16.1. The number of hydrogen-bond acceptors (Lipinski definition) is 0. The lowest BCUT2D eigenvalue weighted by Gasteiger charge is -2.45. The SMILES string of the molecule is CC(C)[Si](C(C)C)(C(C)C)n1c2c(c3ccccc31)CCC2. The molecular formula is C20H31NSi. The second-order valence-electron chi connectivity index (χ2n) is 7.98. The summed E-state index contributed by atoms with van der Waals surface area (Å²) >= 11 is 0. The third-order valence-corrected chi connectivity index (χ3v) is 12.9. The van der Waals surface area contributed by atoms with Crippen molar-refractivity contribution in [2.24, 2.45) is 0 Å². The van der Waals surface area contributed by atoms with Gasteiger partial charge in [0.25, 0.3) is 0 Å². The lowest BCUT2D eigenvalue weighted by molar-refractivity contribution is 0.756. The van der Waals surface area contributed by atoms with Gasteiger partial charge in [-0.2, -0.15) is 0 Å². The van der Waals surface area contributed by atoms with Gasteiger partial charge in [0.2, 0.25) is 0 Å². The summed E-state index contributed by atoms with van der Waals surface area (Å²) in [6.07, 6.45) is 3.90. The summed E-state index contributed by atoms with van der Waals surface area (Å²) in [5.41, 5.74) is 7.14. The molecule has 0 radical (unpaired) electrons. The van der Waals surface area contributed by atoms with Gasteiger partial charge in [-0.3, -0.25) is 0 Å². The molecule has 1 aliphatic carbocycles. The summed E-state index contributed by atoms with van der Waals surface area (Å²) in [5.74, 6) is 0. The molecule has 2 heteroatoms. The number of aryl methyl sites for hydroxylation is 1. The summed E-state index contributed by atoms with van der Waals surface area (Å²) < 4.78 is 2.91. The van der Waals surface area contributed by atoms with Crippen LogP contribution < -0.4 is 0 Å². The van der Waals surface area contributed by atoms with Crippen LogP contribution in [-0.4, -0.2) is 12.5 Å². The summed E-state index contributed by atoms with van der Waals surface area (Å²) in [6, 6.07) is 9.18. The Labute approximate surface area is 136 Å². The van der Waals surface area contributed by atoms with E-state index < -0.39 is 8.24 Å². The third kappa shape index (κ3) is 1.96. The van der Waals surface area contributed by atoms with E-state index in [0.29, 0.717) is 0 Å². The highest BCUT2D eigenvalue weighted by molar-refractivity contribution is 6.82. The molecule has 0 saturated heterocycles. The first-order valence-corrected chi connectivity index (χ1v) is 11.2. The van der Waals surface area contributed by atoms with Crippen LogP contribution in [0.1, 0.15) is 59.2 Å². The molecule has 2 aromatic rings. The van der Waals surface area contributed by atoms with Crippen LogP contribution >= 0.6 is 0 Å². The summed E-state index contributed by atoms with van der Waals surface area (Å²) in [4.78, 5) is 0. The van der Waals surface area contributed by atoms with Crippen LogP contribution in [0.5, 0.6) is 0 Å². The topological polar surface area (TPSA) is 4.93 Å². The molecule has 0 bridgehead atoms. The van der Waals surface area contributed by atoms with Gasteiger partial charge in [0.15, 0.2) is 8.24 Å². The number of aromatic nitrogens is 1. The van der Waals surface area contributed by atoms with E-state index in [0.717, 1.165) is 16.6 Å². The molecule has 0 amide bonds. The normalized spacial score (nSPS) is 15.5. The van der Waals surface area contributed by atoms with Gasteiger partial charge in [-0.05, 0) is 47.5 Å². The number of hydrogen-bond donors (Lipinski definition) is 0. The minimum atomic E-state index is -1.66. The first-order valence-electron chi connectivity index (χ1n) is 9.04. The van der Waals surface area contributed by atoms with Crippen molar-refractivity contribution in [2.75, 3.05) is 0 Å². The maximum Gasteiger partial charge on any atom is 0.169 e. The van der Waals surface area contributed by atoms with Crippen LogP contribution in [0.25, 0.3) is 10.9 Å². The molecule has 0 aliphatic heterocycles. The quantitative estimate of drug-likeness (QED) is 0.596. The second-order valence-corrected chi connectivity index (χ2v) is 13.7. The predicted molar refractivity (Wildman–Crippen MR) is 100 cm³/mol. The molecule has 1 heterocycles. The molecule has 22 heavy (non-hydrogen) atoms. The third-order valence-electron chi connectivity index (χ3n) is 6.09. The van der Waals surface area contributed by atoms with Crippen molar-refractivity contribution in [3.63, 3.8) is 0 Å². The highest BCUT2D eigenvalue weighted by Gasteiger charge is 2.47. The molecule has 0 spiro atoms. The number of benzene rings is 1. The van der Waals surface area contributed by atoms with Crippen LogP contribution in [0.4, 0.5) is 0 Å². The fourth-order valence-electron chi connectivity index (χ4n) is 5.55. The molecule has 1 aromatic carbocycles. The van der Waals surface area contributed by atoms with Gasteiger partial charge in [0.1, 0.15) is 0 Å². The lowest BCUT2D eigenvalue weighted by atomic mass is 10.1. The van der Waals surface area contributed by atoms with Gasteiger partial charge in [0.05, 0.1) is 0 Å². The van der Waals surface area contributed by atoms with E-state index >= 15 is 0 Å². The largest absolute Gasteiger partial charge is 0.370 e. The maximum atomic E-state index is 2.91. The van der Waals surface area contributed by atoms with Crippen molar-refractivity contribution in [3.8, 4) is 0 Å². The van der Waals surface area contributed by atoms with Crippen molar-refractivity contribution in [1.82, 2.24) is 4.23 Å². The summed E-state index contributed by atoms with van der Waals surface area (Å²) in [5, 5.41) is 1.54. The van der Waals surface area contributed by atoms with E-state index in [4.69, 9.17) is 0 Å². The van der Waals surface area contributed by atoms with Crippen molar-refractivity contribution >= 4 is 19.1 Å². The van der Waals surface area contributed by atoms with Gasteiger partial charge in [-0.1, -0.05) is 59.7 Å². The van der Waals surface area contributed by atoms with Crippen LogP contribution in [0.3, 0.4) is 0 Å². The van der Waals surface area contributed by atoms with Crippen LogP contribution in [0.15, 0.2) is 24.3 Å². The molecule has 0 N–H and O–H groups in total. The van der Waals surface area contributed by atoms with Gasteiger partial charge in [0, 0.05) is 16.6 Å². The second kappa shape index (κ2) is 5.56. The molecule has 0 atom stereocenters. The van der Waals surface area contributed by atoms with Gasteiger partial charge in [-0.25, -0.2) is 0 Å². The predicted octanol–water partition coefficient (Wildman–Crippen LogP) is 6.15. The van der Waals surface area contributed by atoms with E-state index in [1.807, 2.05) is 0 Å². The first kappa shape index (κ1) is 15.9. The van der Waals surface area contributed by atoms with Crippen molar-refractivity contribution in [3.05, 3.63) is 35.5 Å². The number of rotatable bonds is 4. The zero-order valence-electron chi connectivity index (χ0n) is 15.1. The van der Waals surface area contributed by atoms with Crippen LogP contribution in [0.2, 0.25) is 16.6 Å². The highest BCUT2D eigenvalue weighted by atomic mass is 28.3. The number of para-hydroxylation sites is 1. The average molecular weight is 314 g/mol. The smallest absolute Gasteiger partial charge is 0.169 e. The lowest BCUT2D eigenvalue weighted by Crippen LogP contribution is -2.52. The Morgan fingerprint density at radius 2 is 1.45 bits per heavy atom. The van der Waals surface area contributed by atoms with Crippen molar-refractivity contribution in [2.45, 2.75) is 77.4 Å². The first-order chi connectivity index (χ1) is 10.4. The van der Waals surface area contributed by atoms with Crippen molar-refractivity contribution < 1.29 is 0 Å². The zero-order chi connectivity index (χ0) is 16.1. The number of fused-ring (bicyclic) bond motifs is 3. The average Bonchev–Trinajstić information content (AvgIpc) is 3.01. The van der Waals surface area contributed by atoms with E-state index in [1.165, 1.54) is 30.2 Å². The molecule has 1 nitrogen and oxygen atoms in total. The fourth-order valence-corrected chi connectivity index (χ4v) is 12.4. The van der Waals surface area contributed by atoms with E-state index in [2.05, 4.69) is 70.0 Å². The monoisotopic (exact) mass is 313 g/mol. The Hall–Kier alpha value is -1.02. The van der Waals surface area contributed by atoms with Crippen molar-refractivity contribution in [1.29, 1.82) is 0 Å². The molecule has 3 rings (SSSR count). The molecule has 0 unspecified atom stereocenters. The molecule has 0 fully saturated rings. The molecule has 120 valence electrons. The summed E-state index contributed by atoms with van der Waals surface area (Å²) in [7, 11) is -1.66. The molecular weight excluding hydrogens is 282 g/mol. The van der Waals surface area contributed by atoms with E-state index in [-0.39, 0.29) is 0 Å². The van der Waals surface area contributed by atoms with E-state index in [1.54, 1.807) is 11.3 Å². The van der Waals surface area contributed by atoms with Crippen LogP contribution in [-0.2, 0) is 12.8 Å². The minimum absolute atomic E-state index is 0.757. The Morgan fingerprint density at radius 3 is 2.05 bits per heavy atom.